The van der Waals surface area contributed by atoms with Crippen LogP contribution in [0, 0.1) is 0 Å². The van der Waals surface area contributed by atoms with E-state index in [9.17, 15) is 19.5 Å². The highest BCUT2D eigenvalue weighted by Crippen LogP contribution is 2.13. The summed E-state index contributed by atoms with van der Waals surface area (Å²) < 4.78 is 5.19. The number of amides is 1. The van der Waals surface area contributed by atoms with Gasteiger partial charge in [0.15, 0.2) is 18.0 Å². The third kappa shape index (κ3) is 5.23. The van der Waals surface area contributed by atoms with Gasteiger partial charge in [0.1, 0.15) is 5.75 Å². The van der Waals surface area contributed by atoms with E-state index in [1.165, 1.54) is 13.0 Å². The lowest BCUT2D eigenvalue weighted by atomic mass is 10.1. The van der Waals surface area contributed by atoms with Crippen LogP contribution >= 0.6 is 0 Å². The first-order chi connectivity index (χ1) is 9.72. The summed E-state index contributed by atoms with van der Waals surface area (Å²) in [6.45, 7) is 1.71. The maximum Gasteiger partial charge on any atom is 0.337 e. The number of ketones is 1. The molecule has 1 rings (SSSR count). The molecule has 0 heterocycles. The van der Waals surface area contributed by atoms with E-state index < -0.39 is 24.0 Å². The number of ether oxygens (including phenoxy) is 1. The number of carbonyl (C=O) groups excluding carboxylic acids is 2. The largest absolute Gasteiger partial charge is 0.484 e. The van der Waals surface area contributed by atoms with Crippen LogP contribution in [0.1, 0.15) is 24.2 Å². The fourth-order valence-corrected chi connectivity index (χ4v) is 1.35. The highest BCUT2D eigenvalue weighted by atomic mass is 16.5. The molecular weight excluding hydrogens is 278 g/mol. The molecule has 1 aromatic carbocycles. The predicted molar refractivity (Wildman–Crippen MR) is 73.2 cm³/mol. The van der Waals surface area contributed by atoms with E-state index in [2.05, 4.69) is 5.32 Å². The Balaban J connectivity index is 2.48. The van der Waals surface area contributed by atoms with Gasteiger partial charge < -0.3 is 20.3 Å². The molecule has 0 spiro atoms. The SMILES string of the molecule is CC(=O)c1cccc(OCC(=O)NCC(C)(O)C(=O)O)c1. The molecule has 7 nitrogen and oxygen atoms in total. The van der Waals surface area contributed by atoms with Crippen molar-refractivity contribution < 1.29 is 29.3 Å². The van der Waals surface area contributed by atoms with Gasteiger partial charge >= 0.3 is 5.97 Å². The Labute approximate surface area is 121 Å². The average molecular weight is 295 g/mol. The van der Waals surface area contributed by atoms with Crippen molar-refractivity contribution in [1.29, 1.82) is 0 Å². The van der Waals surface area contributed by atoms with Gasteiger partial charge in [-0.05, 0) is 26.0 Å². The zero-order chi connectivity index (χ0) is 16.0. The van der Waals surface area contributed by atoms with Gasteiger partial charge in [-0.1, -0.05) is 12.1 Å². The zero-order valence-electron chi connectivity index (χ0n) is 11.8. The summed E-state index contributed by atoms with van der Waals surface area (Å²) in [7, 11) is 0. The number of hydrogen-bond acceptors (Lipinski definition) is 5. The second kappa shape index (κ2) is 6.85. The van der Waals surface area contributed by atoms with E-state index in [0.29, 0.717) is 11.3 Å². The van der Waals surface area contributed by atoms with Gasteiger partial charge in [-0.25, -0.2) is 4.79 Å². The van der Waals surface area contributed by atoms with Crippen LogP contribution in [0.25, 0.3) is 0 Å². The number of benzene rings is 1. The number of aliphatic hydroxyl groups is 1. The Bertz CT molecular complexity index is 552. The van der Waals surface area contributed by atoms with Gasteiger partial charge in [0, 0.05) is 5.56 Å². The minimum atomic E-state index is -2.04. The van der Waals surface area contributed by atoms with E-state index in [1.807, 2.05) is 0 Å². The lowest BCUT2D eigenvalue weighted by Gasteiger charge is -2.18. The lowest BCUT2D eigenvalue weighted by Crippen LogP contribution is -2.47. The molecule has 114 valence electrons. The Morgan fingerprint density at radius 3 is 2.57 bits per heavy atom. The van der Waals surface area contributed by atoms with Crippen molar-refractivity contribution in [3.63, 3.8) is 0 Å². The monoisotopic (exact) mass is 295 g/mol. The molecule has 21 heavy (non-hydrogen) atoms. The predicted octanol–water partition coefficient (Wildman–Crippen LogP) is 0.220. The molecule has 7 heteroatoms. The van der Waals surface area contributed by atoms with Gasteiger partial charge in [0.05, 0.1) is 6.54 Å². The van der Waals surface area contributed by atoms with Gasteiger partial charge in [-0.15, -0.1) is 0 Å². The summed E-state index contributed by atoms with van der Waals surface area (Å²) in [5, 5.41) is 20.4. The normalized spacial score (nSPS) is 13.1. The summed E-state index contributed by atoms with van der Waals surface area (Å²) in [5.74, 6) is -1.78. The van der Waals surface area contributed by atoms with E-state index in [4.69, 9.17) is 9.84 Å². The van der Waals surface area contributed by atoms with Gasteiger partial charge in [0.2, 0.25) is 0 Å². The zero-order valence-corrected chi connectivity index (χ0v) is 11.8. The van der Waals surface area contributed by atoms with Crippen molar-refractivity contribution in [3.8, 4) is 5.75 Å². The van der Waals surface area contributed by atoms with Crippen LogP contribution in [0.5, 0.6) is 5.75 Å². The second-order valence-electron chi connectivity index (χ2n) is 4.73. The van der Waals surface area contributed by atoms with Crippen LogP contribution < -0.4 is 10.1 Å². The van der Waals surface area contributed by atoms with Crippen molar-refractivity contribution in [2.24, 2.45) is 0 Å². The smallest absolute Gasteiger partial charge is 0.337 e. The quantitative estimate of drug-likeness (QED) is 0.620. The molecule has 0 aromatic heterocycles. The number of aliphatic carboxylic acids is 1. The summed E-state index contributed by atoms with van der Waals surface area (Å²) in [5.41, 5.74) is -1.58. The fraction of sp³-hybridized carbons (Fsp3) is 0.357. The summed E-state index contributed by atoms with van der Waals surface area (Å²) in [4.78, 5) is 33.3. The number of Topliss-reactive ketones (excluding diaryl/α,β-unsaturated/α-hetero) is 1. The first-order valence-corrected chi connectivity index (χ1v) is 6.18. The van der Waals surface area contributed by atoms with Crippen LogP contribution in [0.4, 0.5) is 0 Å². The van der Waals surface area contributed by atoms with Crippen molar-refractivity contribution in [2.45, 2.75) is 19.4 Å². The Morgan fingerprint density at radius 1 is 1.33 bits per heavy atom. The fourth-order valence-electron chi connectivity index (χ4n) is 1.35. The maximum atomic E-state index is 11.5. The van der Waals surface area contributed by atoms with Crippen molar-refractivity contribution in [3.05, 3.63) is 29.8 Å². The molecule has 0 bridgehead atoms. The van der Waals surface area contributed by atoms with Crippen molar-refractivity contribution >= 4 is 17.7 Å². The number of carboxylic acid groups (broad SMARTS) is 1. The molecule has 1 aromatic rings. The minimum absolute atomic E-state index is 0.123. The molecule has 0 aliphatic rings. The first-order valence-electron chi connectivity index (χ1n) is 6.18. The number of hydrogen-bond donors (Lipinski definition) is 3. The molecule has 0 saturated carbocycles. The van der Waals surface area contributed by atoms with Gasteiger partial charge in [0.25, 0.3) is 5.91 Å². The third-order valence-corrected chi connectivity index (χ3v) is 2.70. The van der Waals surface area contributed by atoms with E-state index in [0.717, 1.165) is 6.92 Å². The number of carboxylic acids is 1. The molecular formula is C14H17NO6. The van der Waals surface area contributed by atoms with Crippen LogP contribution in [0.3, 0.4) is 0 Å². The molecule has 0 fully saturated rings. The van der Waals surface area contributed by atoms with Gasteiger partial charge in [-0.2, -0.15) is 0 Å². The average Bonchev–Trinajstić information content (AvgIpc) is 2.43. The number of rotatable bonds is 7. The van der Waals surface area contributed by atoms with Crippen LogP contribution in [0.15, 0.2) is 24.3 Å². The molecule has 1 atom stereocenters. The van der Waals surface area contributed by atoms with Crippen LogP contribution in [-0.4, -0.2) is 46.6 Å². The number of carbonyl (C=O) groups is 3. The molecule has 1 amide bonds. The Hall–Kier alpha value is -2.41. The standard InChI is InChI=1S/C14H17NO6/c1-9(16)10-4-3-5-11(6-10)21-7-12(17)15-8-14(2,20)13(18)19/h3-6,20H,7-8H2,1-2H3,(H,15,17)(H,18,19). The Morgan fingerprint density at radius 2 is 2.00 bits per heavy atom. The van der Waals surface area contributed by atoms with Crippen LogP contribution in [-0.2, 0) is 9.59 Å². The van der Waals surface area contributed by atoms with Crippen LogP contribution in [0.2, 0.25) is 0 Å². The van der Waals surface area contributed by atoms with E-state index in [-0.39, 0.29) is 12.4 Å². The highest BCUT2D eigenvalue weighted by Gasteiger charge is 2.30. The first kappa shape index (κ1) is 16.6. The molecule has 3 N–H and O–H groups in total. The molecule has 0 aliphatic carbocycles. The second-order valence-corrected chi connectivity index (χ2v) is 4.73. The topological polar surface area (TPSA) is 113 Å². The Kier molecular flexibility index (Phi) is 5.43. The molecule has 0 aliphatic heterocycles. The molecule has 1 unspecified atom stereocenters. The highest BCUT2D eigenvalue weighted by molar-refractivity contribution is 5.94. The lowest BCUT2D eigenvalue weighted by molar-refractivity contribution is -0.156. The number of nitrogens with one attached hydrogen (secondary N) is 1. The maximum absolute atomic E-state index is 11.5. The van der Waals surface area contributed by atoms with Crippen molar-refractivity contribution in [1.82, 2.24) is 5.32 Å². The third-order valence-electron chi connectivity index (χ3n) is 2.70. The van der Waals surface area contributed by atoms with E-state index in [1.54, 1.807) is 18.2 Å². The summed E-state index contributed by atoms with van der Waals surface area (Å²) in [6, 6.07) is 6.34. The molecule has 0 saturated heterocycles. The summed E-state index contributed by atoms with van der Waals surface area (Å²) in [6.07, 6.45) is 0. The van der Waals surface area contributed by atoms with E-state index >= 15 is 0 Å². The molecule has 0 radical (unpaired) electrons. The minimum Gasteiger partial charge on any atom is -0.484 e. The van der Waals surface area contributed by atoms with Gasteiger partial charge in [-0.3, -0.25) is 9.59 Å². The summed E-state index contributed by atoms with van der Waals surface area (Å²) >= 11 is 0. The van der Waals surface area contributed by atoms with Crippen molar-refractivity contribution in [2.75, 3.05) is 13.2 Å².